The molecule has 1 heterocycles. The van der Waals surface area contributed by atoms with Crippen molar-refractivity contribution < 1.29 is 23.0 Å². The summed E-state index contributed by atoms with van der Waals surface area (Å²) in [5.74, 6) is 0.372. The Balaban J connectivity index is 1.70. The van der Waals surface area contributed by atoms with E-state index in [0.29, 0.717) is 12.3 Å². The Labute approximate surface area is 135 Å². The maximum absolute atomic E-state index is 12.3. The molecule has 1 N–H and O–H groups in total. The Hall–Kier alpha value is -1.44. The number of ether oxygens (including phenoxy) is 3. The van der Waals surface area contributed by atoms with E-state index in [0.717, 1.165) is 51.4 Å². The van der Waals surface area contributed by atoms with E-state index in [1.165, 1.54) is 13.2 Å². The molecule has 0 bridgehead atoms. The minimum atomic E-state index is -2.85. The summed E-state index contributed by atoms with van der Waals surface area (Å²) in [6, 6.07) is 4.98. The zero-order valence-corrected chi connectivity index (χ0v) is 13.4. The highest BCUT2D eigenvalue weighted by molar-refractivity contribution is 5.42. The Kier molecular flexibility index (Phi) is 7.51. The minimum Gasteiger partial charge on any atom is -0.493 e. The van der Waals surface area contributed by atoms with Gasteiger partial charge in [0.15, 0.2) is 11.5 Å². The molecule has 0 aromatic heterocycles. The van der Waals surface area contributed by atoms with Gasteiger partial charge >= 0.3 is 6.61 Å². The first-order valence-electron chi connectivity index (χ1n) is 7.81. The second-order valence-corrected chi connectivity index (χ2v) is 5.35. The first kappa shape index (κ1) is 17.9. The van der Waals surface area contributed by atoms with Crippen molar-refractivity contribution in [3.05, 3.63) is 23.8 Å². The molecule has 130 valence electrons. The van der Waals surface area contributed by atoms with Crippen LogP contribution in [-0.2, 0) is 11.3 Å². The van der Waals surface area contributed by atoms with Crippen LogP contribution in [0.25, 0.3) is 0 Å². The molecule has 7 heteroatoms. The van der Waals surface area contributed by atoms with E-state index in [1.54, 1.807) is 12.1 Å². The summed E-state index contributed by atoms with van der Waals surface area (Å²) in [4.78, 5) is 2.39. The second-order valence-electron chi connectivity index (χ2n) is 5.35. The molecule has 0 radical (unpaired) electrons. The van der Waals surface area contributed by atoms with Gasteiger partial charge in [0.25, 0.3) is 0 Å². The molecule has 1 aliphatic heterocycles. The highest BCUT2D eigenvalue weighted by Gasteiger charge is 2.11. The number of hydrogen-bond donors (Lipinski definition) is 1. The van der Waals surface area contributed by atoms with E-state index >= 15 is 0 Å². The Bertz CT molecular complexity index is 469. The molecule has 0 atom stereocenters. The molecule has 1 aliphatic rings. The van der Waals surface area contributed by atoms with Crippen molar-refractivity contribution in [2.24, 2.45) is 0 Å². The lowest BCUT2D eigenvalue weighted by Gasteiger charge is -2.26. The Morgan fingerprint density at radius 2 is 2.04 bits per heavy atom. The van der Waals surface area contributed by atoms with Gasteiger partial charge in [-0.25, -0.2) is 0 Å². The number of benzene rings is 1. The first-order chi connectivity index (χ1) is 11.2. The van der Waals surface area contributed by atoms with Crippen molar-refractivity contribution >= 4 is 0 Å². The number of methoxy groups -OCH3 is 1. The van der Waals surface area contributed by atoms with E-state index in [1.807, 2.05) is 0 Å². The van der Waals surface area contributed by atoms with Gasteiger partial charge in [0, 0.05) is 19.6 Å². The molecule has 5 nitrogen and oxygen atoms in total. The maximum Gasteiger partial charge on any atom is 0.387 e. The van der Waals surface area contributed by atoms with Crippen LogP contribution >= 0.6 is 0 Å². The predicted octanol–water partition coefficient (Wildman–Crippen LogP) is 2.11. The Morgan fingerprint density at radius 3 is 2.74 bits per heavy atom. The quantitative estimate of drug-likeness (QED) is 0.703. The maximum atomic E-state index is 12.3. The molecular weight excluding hydrogens is 306 g/mol. The largest absolute Gasteiger partial charge is 0.493 e. The molecule has 0 aliphatic carbocycles. The third-order valence-electron chi connectivity index (χ3n) is 3.70. The third kappa shape index (κ3) is 6.29. The van der Waals surface area contributed by atoms with Gasteiger partial charge in [0.1, 0.15) is 0 Å². The van der Waals surface area contributed by atoms with Gasteiger partial charge in [-0.2, -0.15) is 8.78 Å². The minimum absolute atomic E-state index is 0.0542. The summed E-state index contributed by atoms with van der Waals surface area (Å²) in [6.45, 7) is 3.41. The van der Waals surface area contributed by atoms with Crippen LogP contribution < -0.4 is 14.8 Å². The lowest BCUT2D eigenvalue weighted by Crippen LogP contribution is -2.37. The number of hydrogen-bond acceptors (Lipinski definition) is 5. The number of rotatable bonds is 9. The fourth-order valence-electron chi connectivity index (χ4n) is 2.50. The van der Waals surface area contributed by atoms with Crippen LogP contribution in [-0.4, -0.2) is 58.0 Å². The lowest BCUT2D eigenvalue weighted by atomic mass is 10.2. The van der Waals surface area contributed by atoms with E-state index in [9.17, 15) is 8.78 Å². The zero-order valence-electron chi connectivity index (χ0n) is 13.4. The van der Waals surface area contributed by atoms with Gasteiger partial charge in [0.05, 0.1) is 20.3 Å². The van der Waals surface area contributed by atoms with Crippen LogP contribution in [0, 0.1) is 0 Å². The standard InChI is InChI=1S/C16H24F2N2O3/c1-21-15-11-13(3-4-14(15)23-16(17)18)12-19-5-2-6-20-7-9-22-10-8-20/h3-4,11,16,19H,2,5-10,12H2,1H3. The monoisotopic (exact) mass is 330 g/mol. The second kappa shape index (κ2) is 9.64. The molecule has 0 unspecified atom stereocenters. The van der Waals surface area contributed by atoms with Crippen molar-refractivity contribution in [3.63, 3.8) is 0 Å². The number of nitrogens with one attached hydrogen (secondary N) is 1. The summed E-state index contributed by atoms with van der Waals surface area (Å²) < 4.78 is 39.4. The molecule has 1 saturated heterocycles. The Morgan fingerprint density at radius 1 is 1.26 bits per heavy atom. The van der Waals surface area contributed by atoms with Crippen molar-refractivity contribution in [2.45, 2.75) is 19.6 Å². The fourth-order valence-corrected chi connectivity index (χ4v) is 2.50. The van der Waals surface area contributed by atoms with Crippen molar-refractivity contribution in [2.75, 3.05) is 46.5 Å². The van der Waals surface area contributed by atoms with E-state index in [4.69, 9.17) is 9.47 Å². The predicted molar refractivity (Wildman–Crippen MR) is 83.2 cm³/mol. The highest BCUT2D eigenvalue weighted by Crippen LogP contribution is 2.29. The zero-order chi connectivity index (χ0) is 16.5. The molecular formula is C16H24F2N2O3. The summed E-state index contributed by atoms with van der Waals surface area (Å²) in [5.41, 5.74) is 0.967. The van der Waals surface area contributed by atoms with E-state index in [-0.39, 0.29) is 5.75 Å². The molecule has 1 aromatic rings. The molecule has 1 fully saturated rings. The number of alkyl halides is 2. The molecule has 1 aromatic carbocycles. The van der Waals surface area contributed by atoms with Crippen LogP contribution in [0.4, 0.5) is 8.78 Å². The van der Waals surface area contributed by atoms with Crippen LogP contribution in [0.2, 0.25) is 0 Å². The van der Waals surface area contributed by atoms with E-state index < -0.39 is 6.61 Å². The van der Waals surface area contributed by atoms with Gasteiger partial charge in [-0.05, 0) is 37.2 Å². The van der Waals surface area contributed by atoms with Crippen LogP contribution in [0.3, 0.4) is 0 Å². The normalized spacial score (nSPS) is 15.8. The van der Waals surface area contributed by atoms with Crippen LogP contribution in [0.15, 0.2) is 18.2 Å². The third-order valence-corrected chi connectivity index (χ3v) is 3.70. The van der Waals surface area contributed by atoms with Gasteiger partial charge in [-0.15, -0.1) is 0 Å². The van der Waals surface area contributed by atoms with Crippen LogP contribution in [0.1, 0.15) is 12.0 Å². The smallest absolute Gasteiger partial charge is 0.387 e. The summed E-state index contributed by atoms with van der Waals surface area (Å²) in [5, 5.41) is 3.35. The molecule has 0 spiro atoms. The van der Waals surface area contributed by atoms with Crippen molar-refractivity contribution in [1.82, 2.24) is 10.2 Å². The summed E-state index contributed by atoms with van der Waals surface area (Å²) in [7, 11) is 1.44. The van der Waals surface area contributed by atoms with Gasteiger partial charge in [-0.3, -0.25) is 4.90 Å². The van der Waals surface area contributed by atoms with Crippen molar-refractivity contribution in [3.8, 4) is 11.5 Å². The van der Waals surface area contributed by atoms with Gasteiger partial charge in [0.2, 0.25) is 0 Å². The van der Waals surface area contributed by atoms with E-state index in [2.05, 4.69) is 15.0 Å². The molecule has 23 heavy (non-hydrogen) atoms. The van der Waals surface area contributed by atoms with Crippen LogP contribution in [0.5, 0.6) is 11.5 Å². The molecule has 2 rings (SSSR count). The number of nitrogens with zero attached hydrogens (tertiary/aromatic N) is 1. The lowest BCUT2D eigenvalue weighted by molar-refractivity contribution is -0.0512. The summed E-state index contributed by atoms with van der Waals surface area (Å²) >= 11 is 0. The average Bonchev–Trinajstić information content (AvgIpc) is 2.56. The number of halogens is 2. The number of morpholine rings is 1. The fraction of sp³-hybridized carbons (Fsp3) is 0.625. The van der Waals surface area contributed by atoms with Crippen molar-refractivity contribution in [1.29, 1.82) is 0 Å². The molecule has 0 saturated carbocycles. The SMILES string of the molecule is COc1cc(CNCCCN2CCOCC2)ccc1OC(F)F. The molecule has 0 amide bonds. The average molecular weight is 330 g/mol. The van der Waals surface area contributed by atoms with Gasteiger partial charge in [-0.1, -0.05) is 6.07 Å². The first-order valence-corrected chi connectivity index (χ1v) is 7.81. The highest BCUT2D eigenvalue weighted by atomic mass is 19.3. The topological polar surface area (TPSA) is 43.0 Å². The van der Waals surface area contributed by atoms with Gasteiger partial charge < -0.3 is 19.5 Å². The summed E-state index contributed by atoms with van der Waals surface area (Å²) in [6.07, 6.45) is 1.06.